The molecule has 0 aromatic heterocycles. The Morgan fingerprint density at radius 1 is 0.711 bits per heavy atom. The molecule has 0 spiro atoms. The quantitative estimate of drug-likeness (QED) is 0.209. The first kappa shape index (κ1) is 35.8. The predicted molar refractivity (Wildman–Crippen MR) is 145 cm³/mol. The van der Waals surface area contributed by atoms with Crippen molar-refractivity contribution in [3.63, 3.8) is 0 Å². The standard InChI is InChI=1S/C29H38O16/c1-15(32)38-23-21(11-30)43-28(26(41-18(4)35)25(23)40-17(3)34)45-29(14-31)27(42-19(5)36)24(39-16(2)33)22(44-29)13-37-12-20-9-7-6-8-10-20/h6-10,21-28,30-31H,11-14H2,1-5H3. The van der Waals surface area contributed by atoms with Crippen LogP contribution in [0.3, 0.4) is 0 Å². The van der Waals surface area contributed by atoms with E-state index in [1.165, 1.54) is 0 Å². The topological polar surface area (TPSA) is 209 Å². The summed E-state index contributed by atoms with van der Waals surface area (Å²) in [6.07, 6.45) is -12.1. The number of carbonyl (C=O) groups is 5. The summed E-state index contributed by atoms with van der Waals surface area (Å²) in [6, 6.07) is 9.09. The van der Waals surface area contributed by atoms with Gasteiger partial charge >= 0.3 is 29.8 Å². The van der Waals surface area contributed by atoms with Crippen LogP contribution < -0.4 is 0 Å². The fourth-order valence-electron chi connectivity index (χ4n) is 5.05. The highest BCUT2D eigenvalue weighted by Crippen LogP contribution is 2.40. The van der Waals surface area contributed by atoms with E-state index in [1.807, 2.05) is 30.3 Å². The summed E-state index contributed by atoms with van der Waals surface area (Å²) < 4.78 is 50.6. The third-order valence-corrected chi connectivity index (χ3v) is 6.65. The maximum Gasteiger partial charge on any atom is 0.303 e. The molecule has 16 heteroatoms. The van der Waals surface area contributed by atoms with Crippen LogP contribution in [0.2, 0.25) is 0 Å². The van der Waals surface area contributed by atoms with E-state index in [1.54, 1.807) is 0 Å². The zero-order chi connectivity index (χ0) is 33.3. The van der Waals surface area contributed by atoms with Crippen molar-refractivity contribution in [2.24, 2.45) is 0 Å². The van der Waals surface area contributed by atoms with Gasteiger partial charge in [-0.3, -0.25) is 24.0 Å². The molecule has 9 atom stereocenters. The van der Waals surface area contributed by atoms with Crippen molar-refractivity contribution in [3.05, 3.63) is 35.9 Å². The minimum absolute atomic E-state index is 0.124. The lowest BCUT2D eigenvalue weighted by molar-refractivity contribution is -0.384. The molecule has 0 aliphatic carbocycles. The molecule has 9 unspecified atom stereocenters. The normalized spacial score (nSPS) is 31.0. The van der Waals surface area contributed by atoms with Crippen molar-refractivity contribution in [3.8, 4) is 0 Å². The molecule has 3 rings (SSSR count). The van der Waals surface area contributed by atoms with Gasteiger partial charge in [0.15, 0.2) is 30.5 Å². The van der Waals surface area contributed by atoms with E-state index in [9.17, 15) is 34.2 Å². The van der Waals surface area contributed by atoms with Gasteiger partial charge in [-0.25, -0.2) is 0 Å². The summed E-state index contributed by atoms with van der Waals surface area (Å²) in [5.41, 5.74) is 0.814. The lowest BCUT2D eigenvalue weighted by Crippen LogP contribution is -2.65. The lowest BCUT2D eigenvalue weighted by Gasteiger charge is -2.46. The second-order valence-electron chi connectivity index (χ2n) is 10.3. The third-order valence-electron chi connectivity index (χ3n) is 6.65. The highest BCUT2D eigenvalue weighted by Gasteiger charge is 2.63. The number of aliphatic hydroxyl groups excluding tert-OH is 2. The Morgan fingerprint density at radius 3 is 1.78 bits per heavy atom. The molecular weight excluding hydrogens is 604 g/mol. The third kappa shape index (κ3) is 9.42. The minimum atomic E-state index is -2.36. The number of esters is 5. The van der Waals surface area contributed by atoms with Crippen molar-refractivity contribution in [1.29, 1.82) is 0 Å². The van der Waals surface area contributed by atoms with Gasteiger partial charge in [-0.1, -0.05) is 30.3 Å². The van der Waals surface area contributed by atoms with Crippen LogP contribution in [-0.4, -0.2) is 115 Å². The molecule has 2 aliphatic rings. The van der Waals surface area contributed by atoms with E-state index >= 15 is 0 Å². The van der Waals surface area contributed by atoms with Gasteiger partial charge in [-0.15, -0.1) is 0 Å². The number of aliphatic hydroxyl groups is 2. The van der Waals surface area contributed by atoms with Gasteiger partial charge in [0, 0.05) is 34.6 Å². The minimum Gasteiger partial charge on any atom is -0.456 e. The number of hydrogen-bond acceptors (Lipinski definition) is 16. The highest BCUT2D eigenvalue weighted by molar-refractivity contribution is 5.69. The van der Waals surface area contributed by atoms with Gasteiger partial charge < -0.3 is 52.8 Å². The summed E-state index contributed by atoms with van der Waals surface area (Å²) >= 11 is 0. The average Bonchev–Trinajstić information content (AvgIpc) is 3.22. The Bertz CT molecular complexity index is 1190. The van der Waals surface area contributed by atoms with E-state index in [-0.39, 0.29) is 13.2 Å². The molecule has 2 saturated heterocycles. The molecule has 2 aliphatic heterocycles. The number of rotatable bonds is 13. The number of hydrogen-bond donors (Lipinski definition) is 2. The number of carbonyl (C=O) groups excluding carboxylic acids is 5. The van der Waals surface area contributed by atoms with Crippen LogP contribution in [0, 0.1) is 0 Å². The largest absolute Gasteiger partial charge is 0.456 e. The summed E-state index contributed by atoms with van der Waals surface area (Å²) in [6.45, 7) is 3.36. The van der Waals surface area contributed by atoms with Crippen LogP contribution >= 0.6 is 0 Å². The molecule has 0 saturated carbocycles. The second-order valence-corrected chi connectivity index (χ2v) is 10.3. The fourth-order valence-corrected chi connectivity index (χ4v) is 5.05. The molecule has 2 fully saturated rings. The average molecular weight is 643 g/mol. The maximum absolute atomic E-state index is 12.2. The Kier molecular flexibility index (Phi) is 12.8. The molecular formula is C29H38O16. The molecule has 0 radical (unpaired) electrons. The molecule has 2 heterocycles. The Balaban J connectivity index is 2.02. The Hall–Kier alpha value is -3.67. The summed E-state index contributed by atoms with van der Waals surface area (Å²) in [7, 11) is 0. The molecule has 45 heavy (non-hydrogen) atoms. The molecule has 1 aromatic carbocycles. The predicted octanol–water partition coefficient (Wildman–Crippen LogP) is -0.317. The number of benzene rings is 1. The van der Waals surface area contributed by atoms with Crippen LogP contribution in [0.4, 0.5) is 0 Å². The first-order valence-corrected chi connectivity index (χ1v) is 14.0. The van der Waals surface area contributed by atoms with Gasteiger partial charge in [-0.2, -0.15) is 0 Å². The lowest BCUT2D eigenvalue weighted by atomic mass is 9.97. The number of ether oxygens (including phenoxy) is 9. The van der Waals surface area contributed by atoms with E-state index < -0.39 is 97.9 Å². The molecule has 16 nitrogen and oxygen atoms in total. The smallest absolute Gasteiger partial charge is 0.303 e. The maximum atomic E-state index is 12.2. The van der Waals surface area contributed by atoms with Crippen molar-refractivity contribution >= 4 is 29.8 Å². The first-order chi connectivity index (χ1) is 21.3. The molecule has 0 bridgehead atoms. The zero-order valence-electron chi connectivity index (χ0n) is 25.4. The van der Waals surface area contributed by atoms with E-state index in [0.717, 1.165) is 40.2 Å². The van der Waals surface area contributed by atoms with Gasteiger partial charge in [0.05, 0.1) is 19.8 Å². The van der Waals surface area contributed by atoms with Crippen LogP contribution in [0.15, 0.2) is 30.3 Å². The Labute approximate surface area is 258 Å². The Morgan fingerprint density at radius 2 is 1.24 bits per heavy atom. The van der Waals surface area contributed by atoms with Crippen molar-refractivity contribution in [2.75, 3.05) is 19.8 Å². The summed E-state index contributed by atoms with van der Waals surface area (Å²) in [4.78, 5) is 60.5. The van der Waals surface area contributed by atoms with Crippen LogP contribution in [0.5, 0.6) is 0 Å². The van der Waals surface area contributed by atoms with E-state index in [0.29, 0.717) is 0 Å². The van der Waals surface area contributed by atoms with E-state index in [4.69, 9.17) is 42.6 Å². The monoisotopic (exact) mass is 642 g/mol. The molecule has 0 amide bonds. The summed E-state index contributed by atoms with van der Waals surface area (Å²) in [5.74, 6) is -6.60. The van der Waals surface area contributed by atoms with E-state index in [2.05, 4.69) is 0 Å². The van der Waals surface area contributed by atoms with Gasteiger partial charge in [0.2, 0.25) is 12.1 Å². The van der Waals surface area contributed by atoms with Crippen molar-refractivity contribution in [1.82, 2.24) is 0 Å². The first-order valence-electron chi connectivity index (χ1n) is 14.0. The SMILES string of the molecule is CC(=O)OC1C(CO)OC(OC2(CO)OC(COCc3ccccc3)C(OC(C)=O)C2OC(C)=O)C(OC(C)=O)C1OC(C)=O. The fraction of sp³-hybridized carbons (Fsp3) is 0.621. The van der Waals surface area contributed by atoms with Gasteiger partial charge in [0.1, 0.15) is 18.8 Å². The van der Waals surface area contributed by atoms with Crippen LogP contribution in [0.25, 0.3) is 0 Å². The van der Waals surface area contributed by atoms with Gasteiger partial charge in [-0.05, 0) is 5.56 Å². The van der Waals surface area contributed by atoms with Crippen molar-refractivity contribution in [2.45, 2.75) is 96.0 Å². The van der Waals surface area contributed by atoms with Crippen molar-refractivity contribution < 1.29 is 76.8 Å². The van der Waals surface area contributed by atoms with Gasteiger partial charge in [0.25, 0.3) is 0 Å². The second kappa shape index (κ2) is 16.1. The van der Waals surface area contributed by atoms with Crippen LogP contribution in [-0.2, 0) is 73.2 Å². The molecule has 1 aromatic rings. The molecule has 2 N–H and O–H groups in total. The summed E-state index contributed by atoms with van der Waals surface area (Å²) in [5, 5.41) is 20.8. The molecule has 250 valence electrons. The van der Waals surface area contributed by atoms with Crippen LogP contribution in [0.1, 0.15) is 40.2 Å². The highest BCUT2D eigenvalue weighted by atomic mass is 16.8. The zero-order valence-corrected chi connectivity index (χ0v) is 25.4.